The SMILES string of the molecule is Cc1cc2c(C(=O)Nc3nc(NCc4ccccc4)c4ocnc4n3)cccc2[nH]1. The van der Waals surface area contributed by atoms with E-state index < -0.39 is 0 Å². The summed E-state index contributed by atoms with van der Waals surface area (Å²) in [4.78, 5) is 29.0. The van der Waals surface area contributed by atoms with E-state index in [0.717, 1.165) is 22.2 Å². The number of fused-ring (bicyclic) bond motifs is 2. The third-order valence-corrected chi connectivity index (χ3v) is 4.76. The molecule has 0 saturated heterocycles. The zero-order valence-corrected chi connectivity index (χ0v) is 16.1. The van der Waals surface area contributed by atoms with Crippen molar-refractivity contribution in [1.29, 1.82) is 0 Å². The molecule has 5 aromatic rings. The van der Waals surface area contributed by atoms with Crippen LogP contribution in [-0.4, -0.2) is 25.8 Å². The maximum absolute atomic E-state index is 12.9. The van der Waals surface area contributed by atoms with E-state index in [1.807, 2.05) is 55.5 Å². The molecule has 148 valence electrons. The molecule has 0 aliphatic heterocycles. The van der Waals surface area contributed by atoms with E-state index in [9.17, 15) is 4.79 Å². The molecule has 0 aliphatic carbocycles. The number of rotatable bonds is 5. The Kier molecular flexibility index (Phi) is 4.36. The van der Waals surface area contributed by atoms with Crippen LogP contribution in [0.15, 0.2) is 65.4 Å². The molecule has 3 N–H and O–H groups in total. The number of hydrogen-bond acceptors (Lipinski definition) is 6. The predicted octanol–water partition coefficient (Wildman–Crippen LogP) is 4.27. The first-order chi connectivity index (χ1) is 14.7. The van der Waals surface area contributed by atoms with Crippen molar-refractivity contribution >= 4 is 39.8 Å². The molecule has 0 unspecified atom stereocenters. The van der Waals surface area contributed by atoms with Crippen LogP contribution in [0.3, 0.4) is 0 Å². The maximum Gasteiger partial charge on any atom is 0.258 e. The number of carbonyl (C=O) groups is 1. The van der Waals surface area contributed by atoms with Gasteiger partial charge in [-0.25, -0.2) is 0 Å². The van der Waals surface area contributed by atoms with Crippen molar-refractivity contribution in [2.24, 2.45) is 0 Å². The smallest absolute Gasteiger partial charge is 0.258 e. The van der Waals surface area contributed by atoms with Crippen molar-refractivity contribution in [2.75, 3.05) is 10.6 Å². The van der Waals surface area contributed by atoms with Gasteiger partial charge in [-0.3, -0.25) is 10.1 Å². The summed E-state index contributed by atoms with van der Waals surface area (Å²) in [6.07, 6.45) is 1.31. The molecule has 8 nitrogen and oxygen atoms in total. The summed E-state index contributed by atoms with van der Waals surface area (Å²) < 4.78 is 5.43. The minimum absolute atomic E-state index is 0.154. The molecule has 0 fully saturated rings. The number of carbonyl (C=O) groups excluding carboxylic acids is 1. The largest absolute Gasteiger partial charge is 0.438 e. The van der Waals surface area contributed by atoms with Gasteiger partial charge in [-0.15, -0.1) is 0 Å². The highest BCUT2D eigenvalue weighted by Gasteiger charge is 2.16. The van der Waals surface area contributed by atoms with Crippen LogP contribution in [0.5, 0.6) is 0 Å². The van der Waals surface area contributed by atoms with Gasteiger partial charge in [0.15, 0.2) is 12.2 Å². The minimum atomic E-state index is -0.295. The van der Waals surface area contributed by atoms with E-state index in [1.54, 1.807) is 6.07 Å². The van der Waals surface area contributed by atoms with Crippen molar-refractivity contribution in [1.82, 2.24) is 19.9 Å². The number of nitrogens with zero attached hydrogens (tertiary/aromatic N) is 3. The van der Waals surface area contributed by atoms with E-state index in [0.29, 0.717) is 29.2 Å². The van der Waals surface area contributed by atoms with Crippen molar-refractivity contribution in [3.05, 3.63) is 77.8 Å². The van der Waals surface area contributed by atoms with Gasteiger partial charge in [0.2, 0.25) is 17.2 Å². The van der Waals surface area contributed by atoms with Crippen molar-refractivity contribution in [3.63, 3.8) is 0 Å². The van der Waals surface area contributed by atoms with E-state index in [4.69, 9.17) is 4.42 Å². The maximum atomic E-state index is 12.9. The summed E-state index contributed by atoms with van der Waals surface area (Å²) in [6, 6.07) is 17.4. The number of benzene rings is 2. The standard InChI is InChI=1S/C22H18N6O2/c1-13-10-16-15(8-5-9-17(16)25-13)21(29)28-22-26-19(18-20(27-22)24-12-30-18)23-11-14-6-3-2-4-7-14/h2-10,12,25H,11H2,1H3,(H2,23,26,27,28,29). The lowest BCUT2D eigenvalue weighted by Crippen LogP contribution is -2.15. The Morgan fingerprint density at radius 3 is 2.83 bits per heavy atom. The average molecular weight is 398 g/mol. The molecule has 3 aromatic heterocycles. The molecule has 5 rings (SSSR count). The van der Waals surface area contributed by atoms with E-state index >= 15 is 0 Å². The number of amides is 1. The van der Waals surface area contributed by atoms with Gasteiger partial charge in [-0.05, 0) is 30.7 Å². The fraction of sp³-hybridized carbons (Fsp3) is 0.0909. The highest BCUT2D eigenvalue weighted by atomic mass is 16.3. The fourth-order valence-corrected chi connectivity index (χ4v) is 3.38. The lowest BCUT2D eigenvalue weighted by Gasteiger charge is -2.09. The molecular weight excluding hydrogens is 380 g/mol. The first-order valence-electron chi connectivity index (χ1n) is 9.46. The molecule has 0 atom stereocenters. The Bertz CT molecular complexity index is 1360. The minimum Gasteiger partial charge on any atom is -0.438 e. The van der Waals surface area contributed by atoms with Crippen molar-refractivity contribution < 1.29 is 9.21 Å². The number of aromatic nitrogens is 4. The molecule has 0 saturated carbocycles. The van der Waals surface area contributed by atoms with Crippen LogP contribution in [0.1, 0.15) is 21.6 Å². The van der Waals surface area contributed by atoms with Crippen molar-refractivity contribution in [2.45, 2.75) is 13.5 Å². The second-order valence-corrected chi connectivity index (χ2v) is 6.91. The Labute approximate surface area is 171 Å². The topological polar surface area (TPSA) is 109 Å². The lowest BCUT2D eigenvalue weighted by atomic mass is 10.1. The molecule has 0 aliphatic rings. The first-order valence-corrected chi connectivity index (χ1v) is 9.46. The van der Waals surface area contributed by atoms with Gasteiger partial charge in [0.05, 0.1) is 0 Å². The van der Waals surface area contributed by atoms with Gasteiger partial charge in [0.1, 0.15) is 0 Å². The number of aromatic amines is 1. The second kappa shape index (κ2) is 7.32. The number of H-pyrrole nitrogens is 1. The third-order valence-electron chi connectivity index (χ3n) is 4.76. The van der Waals surface area contributed by atoms with Gasteiger partial charge in [0, 0.05) is 28.7 Å². The summed E-state index contributed by atoms with van der Waals surface area (Å²) in [5.41, 5.74) is 4.32. The Balaban J connectivity index is 1.44. The van der Waals surface area contributed by atoms with Crippen LogP contribution in [0.25, 0.3) is 22.1 Å². The summed E-state index contributed by atoms with van der Waals surface area (Å²) in [7, 11) is 0. The van der Waals surface area contributed by atoms with E-state index in [-0.39, 0.29) is 11.9 Å². The first kappa shape index (κ1) is 17.9. The normalized spacial score (nSPS) is 11.1. The number of aryl methyl sites for hydroxylation is 1. The summed E-state index contributed by atoms with van der Waals surface area (Å²) in [6.45, 7) is 2.50. The van der Waals surface area contributed by atoms with Gasteiger partial charge in [0.25, 0.3) is 5.91 Å². The summed E-state index contributed by atoms with van der Waals surface area (Å²) in [5.74, 6) is 0.324. The summed E-state index contributed by atoms with van der Waals surface area (Å²) >= 11 is 0. The number of hydrogen-bond donors (Lipinski definition) is 3. The van der Waals surface area contributed by atoms with Crippen LogP contribution < -0.4 is 10.6 Å². The number of oxazole rings is 1. The molecule has 0 spiro atoms. The van der Waals surface area contributed by atoms with E-state index in [2.05, 4.69) is 30.6 Å². The van der Waals surface area contributed by atoms with Crippen LogP contribution in [0.2, 0.25) is 0 Å². The summed E-state index contributed by atoms with van der Waals surface area (Å²) in [5, 5.41) is 6.86. The molecule has 1 amide bonds. The lowest BCUT2D eigenvalue weighted by molar-refractivity contribution is 0.102. The van der Waals surface area contributed by atoms with Crippen molar-refractivity contribution in [3.8, 4) is 0 Å². The molecule has 3 heterocycles. The van der Waals surface area contributed by atoms with Crippen LogP contribution in [-0.2, 0) is 6.54 Å². The second-order valence-electron chi connectivity index (χ2n) is 6.91. The number of nitrogens with one attached hydrogen (secondary N) is 3. The zero-order valence-electron chi connectivity index (χ0n) is 16.1. The van der Waals surface area contributed by atoms with Crippen LogP contribution >= 0.6 is 0 Å². The van der Waals surface area contributed by atoms with Gasteiger partial charge < -0.3 is 14.7 Å². The highest BCUT2D eigenvalue weighted by molar-refractivity contribution is 6.12. The third kappa shape index (κ3) is 3.35. The molecular formula is C22H18N6O2. The van der Waals surface area contributed by atoms with Gasteiger partial charge >= 0.3 is 0 Å². The number of anilines is 2. The fourth-order valence-electron chi connectivity index (χ4n) is 3.38. The Hall–Kier alpha value is -4.20. The molecule has 8 heteroatoms. The Morgan fingerprint density at radius 1 is 1.10 bits per heavy atom. The van der Waals surface area contributed by atoms with E-state index in [1.165, 1.54) is 6.39 Å². The quantitative estimate of drug-likeness (QED) is 0.408. The molecule has 0 radical (unpaired) electrons. The van der Waals surface area contributed by atoms with Gasteiger partial charge in [-0.2, -0.15) is 15.0 Å². The Morgan fingerprint density at radius 2 is 1.97 bits per heavy atom. The molecule has 0 bridgehead atoms. The zero-order chi connectivity index (χ0) is 20.5. The highest BCUT2D eigenvalue weighted by Crippen LogP contribution is 2.24. The molecule has 2 aromatic carbocycles. The predicted molar refractivity (Wildman–Crippen MR) is 114 cm³/mol. The monoisotopic (exact) mass is 398 g/mol. The van der Waals surface area contributed by atoms with Gasteiger partial charge in [-0.1, -0.05) is 36.4 Å². The average Bonchev–Trinajstić information content (AvgIpc) is 3.37. The van der Waals surface area contributed by atoms with Crippen LogP contribution in [0, 0.1) is 6.92 Å². The molecule has 30 heavy (non-hydrogen) atoms. The van der Waals surface area contributed by atoms with Crippen LogP contribution in [0.4, 0.5) is 11.8 Å².